The van der Waals surface area contributed by atoms with Crippen LogP contribution in [-0.4, -0.2) is 46.3 Å². The summed E-state index contributed by atoms with van der Waals surface area (Å²) in [7, 11) is 1.31. The molecular weight excluding hydrogens is 345 g/mol. The van der Waals surface area contributed by atoms with Crippen molar-refractivity contribution in [3.05, 3.63) is 22.9 Å². The molecule has 0 aromatic carbocycles. The third-order valence-corrected chi connectivity index (χ3v) is 4.78. The quantitative estimate of drug-likeness (QED) is 0.816. The van der Waals surface area contributed by atoms with Crippen LogP contribution in [0.3, 0.4) is 0 Å². The fourth-order valence-electron chi connectivity index (χ4n) is 2.64. The number of hydrogen-bond donors (Lipinski definition) is 1. The minimum atomic E-state index is -0.565. The van der Waals surface area contributed by atoms with Crippen LogP contribution in [0.15, 0.2) is 11.7 Å². The Balaban J connectivity index is 2.25. The fraction of sp³-hybridized carbons (Fsp3) is 0.684. The van der Waals surface area contributed by atoms with Gasteiger partial charge in [0, 0.05) is 25.4 Å². The summed E-state index contributed by atoms with van der Waals surface area (Å²) >= 11 is 0. The molecule has 0 spiro atoms. The molecule has 7 nitrogen and oxygen atoms in total. The van der Waals surface area contributed by atoms with Crippen molar-refractivity contribution in [2.45, 2.75) is 72.2 Å². The number of carbonyl (C=O) groups is 1. The second-order valence-corrected chi connectivity index (χ2v) is 9.01. The van der Waals surface area contributed by atoms with Crippen LogP contribution >= 0.6 is 0 Å². The SMILES string of the molecule is Cc1nn(C)cc1C=C(CNC(=O)OC(C)(C)C)B1OC(C)(C)C(C)(C)O1. The second kappa shape index (κ2) is 7.32. The summed E-state index contributed by atoms with van der Waals surface area (Å²) in [5, 5.41) is 7.17. The number of nitrogens with zero attached hydrogens (tertiary/aromatic N) is 2. The third-order valence-electron chi connectivity index (χ3n) is 4.78. The molecule has 0 bridgehead atoms. The number of aryl methyl sites for hydroxylation is 2. The predicted octanol–water partition coefficient (Wildman–Crippen LogP) is 3.27. The van der Waals surface area contributed by atoms with Gasteiger partial charge in [-0.15, -0.1) is 0 Å². The van der Waals surface area contributed by atoms with Gasteiger partial charge in [0.15, 0.2) is 0 Å². The highest BCUT2D eigenvalue weighted by Gasteiger charge is 2.52. The number of carbonyl (C=O) groups excluding carboxylic acids is 1. The summed E-state index contributed by atoms with van der Waals surface area (Å²) in [6.45, 7) is 15.7. The van der Waals surface area contributed by atoms with Gasteiger partial charge in [-0.25, -0.2) is 4.79 Å². The zero-order chi connectivity index (χ0) is 20.6. The number of nitrogens with one attached hydrogen (secondary N) is 1. The first-order valence-electron chi connectivity index (χ1n) is 9.23. The molecule has 0 unspecified atom stereocenters. The number of rotatable bonds is 4. The van der Waals surface area contributed by atoms with E-state index in [1.165, 1.54) is 0 Å². The van der Waals surface area contributed by atoms with Crippen molar-refractivity contribution in [1.29, 1.82) is 0 Å². The molecule has 1 aliphatic heterocycles. The molecule has 1 aliphatic rings. The molecule has 2 rings (SSSR count). The maximum atomic E-state index is 12.1. The molecule has 1 saturated heterocycles. The Morgan fingerprint density at radius 2 is 1.85 bits per heavy atom. The Kier molecular flexibility index (Phi) is 5.83. The first-order valence-corrected chi connectivity index (χ1v) is 9.23. The van der Waals surface area contributed by atoms with Gasteiger partial charge in [-0.1, -0.05) is 6.08 Å². The zero-order valence-electron chi connectivity index (χ0n) is 18.0. The normalized spacial score (nSPS) is 19.3. The summed E-state index contributed by atoms with van der Waals surface area (Å²) in [6.07, 6.45) is 3.41. The standard InChI is InChI=1S/C19H32BN3O4/c1-13-14(12-23(9)22-13)10-15(11-21-16(24)25-17(2,3)4)20-26-18(5,6)19(7,8)27-20/h10,12H,11H2,1-9H3,(H,21,24). The van der Waals surface area contributed by atoms with Crippen molar-refractivity contribution in [2.75, 3.05) is 6.54 Å². The van der Waals surface area contributed by atoms with E-state index in [2.05, 4.69) is 10.4 Å². The van der Waals surface area contributed by atoms with Crippen molar-refractivity contribution < 1.29 is 18.8 Å². The van der Waals surface area contributed by atoms with E-state index < -0.39 is 30.0 Å². The van der Waals surface area contributed by atoms with Crippen molar-refractivity contribution >= 4 is 19.3 Å². The van der Waals surface area contributed by atoms with E-state index in [-0.39, 0.29) is 6.54 Å². The molecule has 1 aromatic rings. The Labute approximate surface area is 162 Å². The average Bonchev–Trinajstić information content (AvgIpc) is 2.88. The van der Waals surface area contributed by atoms with E-state index in [0.29, 0.717) is 0 Å². The van der Waals surface area contributed by atoms with Crippen molar-refractivity contribution in [3.8, 4) is 0 Å². The predicted molar refractivity (Wildman–Crippen MR) is 106 cm³/mol. The van der Waals surface area contributed by atoms with Crippen LogP contribution in [0.5, 0.6) is 0 Å². The number of amides is 1. The number of alkyl carbamates (subject to hydrolysis) is 1. The lowest BCUT2D eigenvalue weighted by molar-refractivity contribution is 0.00578. The number of ether oxygens (including phenoxy) is 1. The average molecular weight is 377 g/mol. The topological polar surface area (TPSA) is 74.6 Å². The second-order valence-electron chi connectivity index (χ2n) is 9.01. The smallest absolute Gasteiger partial charge is 0.444 e. The van der Waals surface area contributed by atoms with Crippen LogP contribution in [0.25, 0.3) is 6.08 Å². The molecule has 0 saturated carbocycles. The molecule has 0 atom stereocenters. The van der Waals surface area contributed by atoms with Crippen LogP contribution in [-0.2, 0) is 21.1 Å². The minimum Gasteiger partial charge on any atom is -0.444 e. The lowest BCUT2D eigenvalue weighted by Gasteiger charge is -2.32. The van der Waals surface area contributed by atoms with Gasteiger partial charge in [-0.05, 0) is 60.9 Å². The fourth-order valence-corrected chi connectivity index (χ4v) is 2.64. The van der Waals surface area contributed by atoms with Crippen LogP contribution in [0.1, 0.15) is 59.7 Å². The number of hydrogen-bond acceptors (Lipinski definition) is 5. The summed E-state index contributed by atoms with van der Waals surface area (Å²) in [5.74, 6) is 0. The van der Waals surface area contributed by atoms with E-state index in [1.807, 2.05) is 74.7 Å². The van der Waals surface area contributed by atoms with Gasteiger partial charge in [0.1, 0.15) is 5.60 Å². The minimum absolute atomic E-state index is 0.250. The van der Waals surface area contributed by atoms with Crippen molar-refractivity contribution in [3.63, 3.8) is 0 Å². The maximum Gasteiger partial charge on any atom is 0.492 e. The summed E-state index contributed by atoms with van der Waals surface area (Å²) < 4.78 is 19.4. The van der Waals surface area contributed by atoms with Gasteiger partial charge >= 0.3 is 13.2 Å². The molecule has 1 fully saturated rings. The van der Waals surface area contributed by atoms with E-state index in [4.69, 9.17) is 14.0 Å². The molecule has 8 heteroatoms. The monoisotopic (exact) mass is 377 g/mol. The molecule has 27 heavy (non-hydrogen) atoms. The van der Waals surface area contributed by atoms with Crippen molar-refractivity contribution in [2.24, 2.45) is 7.05 Å². The van der Waals surface area contributed by atoms with E-state index in [1.54, 1.807) is 4.68 Å². The van der Waals surface area contributed by atoms with E-state index >= 15 is 0 Å². The van der Waals surface area contributed by atoms with E-state index in [0.717, 1.165) is 16.7 Å². The van der Waals surface area contributed by atoms with Crippen LogP contribution in [0.4, 0.5) is 4.79 Å². The first kappa shape index (κ1) is 21.5. The van der Waals surface area contributed by atoms with E-state index in [9.17, 15) is 4.79 Å². The van der Waals surface area contributed by atoms with Crippen molar-refractivity contribution in [1.82, 2.24) is 15.1 Å². The highest BCUT2D eigenvalue weighted by atomic mass is 16.7. The molecule has 1 aromatic heterocycles. The van der Waals surface area contributed by atoms with Gasteiger partial charge in [-0.3, -0.25) is 4.68 Å². The molecule has 1 amide bonds. The Morgan fingerprint density at radius 1 is 1.30 bits per heavy atom. The van der Waals surface area contributed by atoms with Gasteiger partial charge in [0.05, 0.1) is 16.9 Å². The third kappa shape index (κ3) is 5.36. The first-order chi connectivity index (χ1) is 12.2. The summed E-state index contributed by atoms with van der Waals surface area (Å²) in [5.41, 5.74) is 1.16. The molecular formula is C19H32BN3O4. The highest BCUT2D eigenvalue weighted by molar-refractivity contribution is 6.56. The van der Waals surface area contributed by atoms with Gasteiger partial charge in [-0.2, -0.15) is 5.10 Å². The lowest BCUT2D eigenvalue weighted by atomic mass is 9.77. The maximum absolute atomic E-state index is 12.1. The summed E-state index contributed by atoms with van der Waals surface area (Å²) in [4.78, 5) is 12.1. The Hall–Kier alpha value is -1.80. The lowest BCUT2D eigenvalue weighted by Crippen LogP contribution is -2.41. The molecule has 150 valence electrons. The zero-order valence-corrected chi connectivity index (χ0v) is 18.0. The van der Waals surface area contributed by atoms with Crippen LogP contribution < -0.4 is 5.32 Å². The van der Waals surface area contributed by atoms with Crippen LogP contribution in [0, 0.1) is 6.92 Å². The molecule has 0 aliphatic carbocycles. The Bertz CT molecular complexity index is 716. The summed E-state index contributed by atoms with van der Waals surface area (Å²) in [6, 6.07) is 0. The number of aromatic nitrogens is 2. The van der Waals surface area contributed by atoms with Gasteiger partial charge in [0.2, 0.25) is 0 Å². The van der Waals surface area contributed by atoms with Crippen LogP contribution in [0.2, 0.25) is 0 Å². The Morgan fingerprint density at radius 3 is 2.30 bits per heavy atom. The highest BCUT2D eigenvalue weighted by Crippen LogP contribution is 2.38. The van der Waals surface area contributed by atoms with Gasteiger partial charge < -0.3 is 19.4 Å². The molecule has 0 radical (unpaired) electrons. The molecule has 1 N–H and O–H groups in total. The largest absolute Gasteiger partial charge is 0.492 e. The van der Waals surface area contributed by atoms with Gasteiger partial charge in [0.25, 0.3) is 0 Å². The molecule has 2 heterocycles.